The summed E-state index contributed by atoms with van der Waals surface area (Å²) in [5.41, 5.74) is 3.29. The topological polar surface area (TPSA) is 47.4 Å². The predicted molar refractivity (Wildman–Crippen MR) is 136 cm³/mol. The maximum absolute atomic E-state index is 6.52. The van der Waals surface area contributed by atoms with Crippen molar-refractivity contribution in [3.05, 3.63) is 79.1 Å². The number of aromatic nitrogens is 2. The molecule has 0 saturated heterocycles. The molecule has 156 valence electrons. The molecule has 0 aliphatic heterocycles. The molecule has 1 aliphatic rings. The minimum absolute atomic E-state index is 0.286. The van der Waals surface area contributed by atoms with Crippen molar-refractivity contribution in [1.29, 1.82) is 0 Å². The zero-order valence-electron chi connectivity index (χ0n) is 16.6. The Balaban J connectivity index is 1.26. The zero-order chi connectivity index (χ0) is 21.2. The van der Waals surface area contributed by atoms with E-state index in [1.54, 1.807) is 11.3 Å². The molecule has 2 heterocycles. The van der Waals surface area contributed by atoms with Crippen LogP contribution in [0.4, 0.5) is 5.69 Å². The number of ether oxygens (including phenoxy) is 1. The van der Waals surface area contributed by atoms with Crippen LogP contribution in [0.3, 0.4) is 0 Å². The average Bonchev–Trinajstić information content (AvgIpc) is 3.17. The normalized spacial score (nSPS) is 13.6. The second-order valence-electron chi connectivity index (χ2n) is 7.41. The number of nitrogens with zero attached hydrogens (tertiary/aromatic N) is 3. The number of hydrogen-bond acceptors (Lipinski definition) is 5. The summed E-state index contributed by atoms with van der Waals surface area (Å²) in [6.45, 7) is 0.286. The Morgan fingerprint density at radius 2 is 1.81 bits per heavy atom. The zero-order valence-corrected chi connectivity index (χ0v) is 20.4. The first kappa shape index (κ1) is 20.8. The molecule has 7 heteroatoms. The van der Waals surface area contributed by atoms with Crippen molar-refractivity contribution >= 4 is 67.6 Å². The van der Waals surface area contributed by atoms with E-state index in [2.05, 4.69) is 32.6 Å². The van der Waals surface area contributed by atoms with Crippen LogP contribution in [0, 0.1) is 3.57 Å². The molecule has 0 radical (unpaired) electrons. The third-order valence-corrected chi connectivity index (χ3v) is 7.43. The molecular weight excluding hydrogens is 541 g/mol. The monoisotopic (exact) mass is 559 g/mol. The van der Waals surface area contributed by atoms with Gasteiger partial charge < -0.3 is 4.74 Å². The fourth-order valence-electron chi connectivity index (χ4n) is 3.69. The number of rotatable bonds is 5. The van der Waals surface area contributed by atoms with Gasteiger partial charge in [-0.3, -0.25) is 4.99 Å². The molecule has 0 bridgehead atoms. The minimum Gasteiger partial charge on any atom is -0.486 e. The highest BCUT2D eigenvalue weighted by molar-refractivity contribution is 14.1. The molecule has 4 aromatic rings. The van der Waals surface area contributed by atoms with E-state index in [0.29, 0.717) is 11.0 Å². The fourth-order valence-corrected chi connectivity index (χ4v) is 5.69. The molecule has 0 N–H and O–H groups in total. The Labute approximate surface area is 203 Å². The van der Waals surface area contributed by atoms with Gasteiger partial charge in [-0.15, -0.1) is 11.3 Å². The summed E-state index contributed by atoms with van der Waals surface area (Å²) >= 11 is 10.6. The molecule has 0 saturated carbocycles. The third kappa shape index (κ3) is 4.76. The van der Waals surface area contributed by atoms with Gasteiger partial charge in [0.25, 0.3) is 0 Å². The maximum atomic E-state index is 6.52. The first-order valence-corrected chi connectivity index (χ1v) is 12.4. The van der Waals surface area contributed by atoms with Crippen molar-refractivity contribution in [3.63, 3.8) is 0 Å². The number of halogens is 2. The molecule has 0 unspecified atom stereocenters. The van der Waals surface area contributed by atoms with Gasteiger partial charge in [0.05, 0.1) is 11.1 Å². The highest BCUT2D eigenvalue weighted by Crippen LogP contribution is 2.38. The number of thiophene rings is 1. The van der Waals surface area contributed by atoms with E-state index < -0.39 is 0 Å². The summed E-state index contributed by atoms with van der Waals surface area (Å²) in [5.74, 6) is 1.37. The van der Waals surface area contributed by atoms with Gasteiger partial charge in [-0.2, -0.15) is 0 Å². The van der Waals surface area contributed by atoms with Gasteiger partial charge in [0.1, 0.15) is 22.3 Å². The Morgan fingerprint density at radius 3 is 2.61 bits per heavy atom. The summed E-state index contributed by atoms with van der Waals surface area (Å²) < 4.78 is 7.10. The number of aryl methyl sites for hydroxylation is 2. The molecule has 0 amide bonds. The minimum atomic E-state index is 0.286. The first-order chi connectivity index (χ1) is 15.2. The van der Waals surface area contributed by atoms with E-state index in [4.69, 9.17) is 21.3 Å². The smallest absolute Gasteiger partial charge is 0.169 e. The van der Waals surface area contributed by atoms with Crippen LogP contribution in [-0.4, -0.2) is 16.2 Å². The van der Waals surface area contributed by atoms with Crippen LogP contribution in [0.15, 0.2) is 53.5 Å². The molecular formula is C24H19ClIN3OS. The molecule has 0 atom stereocenters. The molecule has 0 spiro atoms. The van der Waals surface area contributed by atoms with Crippen LogP contribution < -0.4 is 4.74 Å². The van der Waals surface area contributed by atoms with Crippen molar-refractivity contribution in [2.45, 2.75) is 32.3 Å². The van der Waals surface area contributed by atoms with Gasteiger partial charge >= 0.3 is 0 Å². The third-order valence-electron chi connectivity index (χ3n) is 5.25. The van der Waals surface area contributed by atoms with Gasteiger partial charge in [-0.25, -0.2) is 9.97 Å². The van der Waals surface area contributed by atoms with E-state index in [0.717, 1.165) is 40.1 Å². The fraction of sp³-hybridized carbons (Fsp3) is 0.208. The van der Waals surface area contributed by atoms with Crippen molar-refractivity contribution in [2.75, 3.05) is 0 Å². The highest BCUT2D eigenvalue weighted by atomic mass is 127. The number of hydrogen-bond donors (Lipinski definition) is 0. The second kappa shape index (κ2) is 9.22. The lowest BCUT2D eigenvalue weighted by Gasteiger charge is -2.10. The van der Waals surface area contributed by atoms with E-state index in [-0.39, 0.29) is 6.61 Å². The van der Waals surface area contributed by atoms with Crippen molar-refractivity contribution < 1.29 is 4.74 Å². The van der Waals surface area contributed by atoms with E-state index in [1.165, 1.54) is 26.9 Å². The SMILES string of the molecule is Clc1nc(COc2ccc(C=Nc3ccc(I)cc3)cc2)nc2sc3c(c12)CCCC3. The number of fused-ring (bicyclic) bond motifs is 3. The Morgan fingerprint density at radius 1 is 1.03 bits per heavy atom. The number of aliphatic imine (C=N–C) groups is 1. The van der Waals surface area contributed by atoms with Crippen LogP contribution >= 0.6 is 45.5 Å². The Hall–Kier alpha value is -2.03. The van der Waals surface area contributed by atoms with Crippen LogP contribution in [0.2, 0.25) is 5.15 Å². The maximum Gasteiger partial charge on any atom is 0.169 e. The summed E-state index contributed by atoms with van der Waals surface area (Å²) in [5, 5.41) is 1.59. The van der Waals surface area contributed by atoms with Crippen LogP contribution in [0.25, 0.3) is 10.2 Å². The largest absolute Gasteiger partial charge is 0.486 e. The summed E-state index contributed by atoms with van der Waals surface area (Å²) in [4.78, 5) is 16.1. The predicted octanol–water partition coefficient (Wildman–Crippen LogP) is 7.16. The Bertz CT molecular complexity index is 1250. The first-order valence-electron chi connectivity index (χ1n) is 10.1. The van der Waals surface area contributed by atoms with Gasteiger partial charge in [0.2, 0.25) is 0 Å². The Kier molecular flexibility index (Phi) is 6.20. The van der Waals surface area contributed by atoms with Crippen molar-refractivity contribution in [2.24, 2.45) is 4.99 Å². The molecule has 2 aromatic heterocycles. The van der Waals surface area contributed by atoms with Crippen LogP contribution in [0.1, 0.15) is 34.7 Å². The summed E-state index contributed by atoms with van der Waals surface area (Å²) in [6.07, 6.45) is 6.50. The molecule has 1 aliphatic carbocycles. The lowest BCUT2D eigenvalue weighted by molar-refractivity contribution is 0.296. The van der Waals surface area contributed by atoms with Crippen LogP contribution in [-0.2, 0) is 19.4 Å². The second-order valence-corrected chi connectivity index (χ2v) is 10.1. The van der Waals surface area contributed by atoms with E-state index >= 15 is 0 Å². The molecule has 31 heavy (non-hydrogen) atoms. The number of benzene rings is 2. The highest BCUT2D eigenvalue weighted by Gasteiger charge is 2.20. The van der Waals surface area contributed by atoms with Crippen molar-refractivity contribution in [1.82, 2.24) is 9.97 Å². The average molecular weight is 560 g/mol. The molecule has 5 rings (SSSR count). The van der Waals surface area contributed by atoms with Gasteiger partial charge in [0, 0.05) is 14.7 Å². The molecule has 4 nitrogen and oxygen atoms in total. The summed E-state index contributed by atoms with van der Waals surface area (Å²) in [6, 6.07) is 15.9. The van der Waals surface area contributed by atoms with E-state index in [9.17, 15) is 0 Å². The lowest BCUT2D eigenvalue weighted by Crippen LogP contribution is -2.03. The van der Waals surface area contributed by atoms with Gasteiger partial charge in [0.15, 0.2) is 5.82 Å². The van der Waals surface area contributed by atoms with E-state index in [1.807, 2.05) is 54.7 Å². The van der Waals surface area contributed by atoms with Gasteiger partial charge in [-0.1, -0.05) is 11.6 Å². The standard InChI is InChI=1S/C24H19ClIN3OS/c25-23-22-19-3-1-2-4-20(19)31-24(22)29-21(28-23)14-30-18-11-5-15(6-12-18)13-27-17-9-7-16(26)8-10-17/h5-13H,1-4,14H2. The van der Waals surface area contributed by atoms with Gasteiger partial charge in [-0.05, 0) is 108 Å². The van der Waals surface area contributed by atoms with Crippen molar-refractivity contribution in [3.8, 4) is 5.75 Å². The summed E-state index contributed by atoms with van der Waals surface area (Å²) in [7, 11) is 0. The molecule has 2 aromatic carbocycles. The van der Waals surface area contributed by atoms with Crippen LogP contribution in [0.5, 0.6) is 5.75 Å². The quantitative estimate of drug-likeness (QED) is 0.148. The lowest BCUT2D eigenvalue weighted by atomic mass is 9.97. The molecule has 0 fully saturated rings.